The average molecular weight is 329 g/mol. The van der Waals surface area contributed by atoms with Crippen LogP contribution in [0.5, 0.6) is 0 Å². The molecule has 0 aliphatic rings. The quantitative estimate of drug-likeness (QED) is 0.259. The lowest BCUT2D eigenvalue weighted by Crippen LogP contribution is -2.40. The summed E-state index contributed by atoms with van der Waals surface area (Å²) < 4.78 is 5.05. The number of nitrogens with zero attached hydrogens (tertiary/aromatic N) is 2. The van der Waals surface area contributed by atoms with Crippen molar-refractivity contribution >= 4 is 11.9 Å². The fourth-order valence-corrected chi connectivity index (χ4v) is 1.91. The minimum Gasteiger partial charge on any atom is -0.385 e. The molecule has 7 nitrogen and oxygen atoms in total. The standard InChI is InChI=1S/C16H35N5O2/c1-5-9-18-15(22)8-10-19-16(17-6-2)20-11-13-21(3)12-7-14-23-4/h5-14H2,1-4H3,(H,18,22)(H2,17,19,20). The highest BCUT2D eigenvalue weighted by molar-refractivity contribution is 5.81. The van der Waals surface area contributed by atoms with Crippen LogP contribution in [0.25, 0.3) is 0 Å². The van der Waals surface area contributed by atoms with Crippen LogP contribution >= 0.6 is 0 Å². The number of rotatable bonds is 13. The summed E-state index contributed by atoms with van der Waals surface area (Å²) in [5.41, 5.74) is 0. The van der Waals surface area contributed by atoms with Gasteiger partial charge in [0.15, 0.2) is 5.96 Å². The molecule has 23 heavy (non-hydrogen) atoms. The third-order valence-corrected chi connectivity index (χ3v) is 3.20. The summed E-state index contributed by atoms with van der Waals surface area (Å²) >= 11 is 0. The number of methoxy groups -OCH3 is 1. The van der Waals surface area contributed by atoms with Gasteiger partial charge in [0.2, 0.25) is 5.91 Å². The largest absolute Gasteiger partial charge is 0.385 e. The number of carbonyl (C=O) groups excluding carboxylic acids is 1. The highest BCUT2D eigenvalue weighted by Gasteiger charge is 2.02. The van der Waals surface area contributed by atoms with Gasteiger partial charge in [-0.3, -0.25) is 9.79 Å². The first-order valence-electron chi connectivity index (χ1n) is 8.60. The van der Waals surface area contributed by atoms with Gasteiger partial charge in [-0.2, -0.15) is 0 Å². The summed E-state index contributed by atoms with van der Waals surface area (Å²) in [4.78, 5) is 18.3. The van der Waals surface area contributed by atoms with Gasteiger partial charge < -0.3 is 25.6 Å². The summed E-state index contributed by atoms with van der Waals surface area (Å²) in [7, 11) is 3.81. The van der Waals surface area contributed by atoms with Crippen LogP contribution < -0.4 is 16.0 Å². The zero-order chi connectivity index (χ0) is 17.3. The summed E-state index contributed by atoms with van der Waals surface area (Å²) in [6, 6.07) is 0. The Morgan fingerprint density at radius 2 is 1.91 bits per heavy atom. The molecule has 7 heteroatoms. The maximum atomic E-state index is 11.5. The van der Waals surface area contributed by atoms with E-state index in [0.29, 0.717) is 13.0 Å². The highest BCUT2D eigenvalue weighted by atomic mass is 16.5. The van der Waals surface area contributed by atoms with Gasteiger partial charge in [-0.05, 0) is 26.8 Å². The number of nitrogens with one attached hydrogen (secondary N) is 3. The molecule has 0 bridgehead atoms. The zero-order valence-electron chi connectivity index (χ0n) is 15.3. The van der Waals surface area contributed by atoms with E-state index in [1.165, 1.54) is 0 Å². The lowest BCUT2D eigenvalue weighted by atomic mass is 10.4. The molecule has 0 atom stereocenters. The van der Waals surface area contributed by atoms with Gasteiger partial charge in [0.1, 0.15) is 0 Å². The molecule has 0 saturated heterocycles. The molecule has 0 saturated carbocycles. The molecule has 0 aliphatic heterocycles. The number of ether oxygens (including phenoxy) is 1. The monoisotopic (exact) mass is 329 g/mol. The zero-order valence-corrected chi connectivity index (χ0v) is 15.3. The van der Waals surface area contributed by atoms with Crippen LogP contribution in [0, 0.1) is 0 Å². The van der Waals surface area contributed by atoms with Crippen LogP contribution in [-0.4, -0.2) is 76.8 Å². The van der Waals surface area contributed by atoms with Crippen LogP contribution in [0.2, 0.25) is 0 Å². The van der Waals surface area contributed by atoms with Gasteiger partial charge in [-0.15, -0.1) is 0 Å². The van der Waals surface area contributed by atoms with Crippen molar-refractivity contribution in [3.63, 3.8) is 0 Å². The van der Waals surface area contributed by atoms with Crippen LogP contribution in [0.15, 0.2) is 4.99 Å². The molecule has 3 N–H and O–H groups in total. The first-order chi connectivity index (χ1) is 11.1. The molecule has 136 valence electrons. The van der Waals surface area contributed by atoms with Gasteiger partial charge in [0.05, 0.1) is 6.54 Å². The van der Waals surface area contributed by atoms with E-state index in [9.17, 15) is 4.79 Å². The fraction of sp³-hybridized carbons (Fsp3) is 0.875. The van der Waals surface area contributed by atoms with Crippen molar-refractivity contribution in [3.8, 4) is 0 Å². The molecule has 0 fully saturated rings. The van der Waals surface area contributed by atoms with E-state index in [0.717, 1.165) is 58.1 Å². The second kappa shape index (κ2) is 15.6. The van der Waals surface area contributed by atoms with Gasteiger partial charge in [0.25, 0.3) is 0 Å². The molecule has 0 aromatic carbocycles. The number of likely N-dealkylation sites (N-methyl/N-ethyl adjacent to an activating group) is 1. The van der Waals surface area contributed by atoms with Crippen molar-refractivity contribution in [1.29, 1.82) is 0 Å². The third kappa shape index (κ3) is 14.0. The summed E-state index contributed by atoms with van der Waals surface area (Å²) in [5.74, 6) is 0.842. The Morgan fingerprint density at radius 3 is 2.57 bits per heavy atom. The Kier molecular flexibility index (Phi) is 14.6. The number of guanidine groups is 1. The van der Waals surface area contributed by atoms with Crippen molar-refractivity contribution in [2.75, 3.05) is 60.0 Å². The van der Waals surface area contributed by atoms with Gasteiger partial charge >= 0.3 is 0 Å². The minimum atomic E-state index is 0.0769. The number of carbonyl (C=O) groups is 1. The van der Waals surface area contributed by atoms with E-state index in [4.69, 9.17) is 4.74 Å². The van der Waals surface area contributed by atoms with Gasteiger partial charge in [-0.25, -0.2) is 0 Å². The van der Waals surface area contributed by atoms with E-state index in [1.54, 1.807) is 7.11 Å². The minimum absolute atomic E-state index is 0.0769. The van der Waals surface area contributed by atoms with Crippen LogP contribution in [-0.2, 0) is 9.53 Å². The molecular formula is C16H35N5O2. The first kappa shape index (κ1) is 21.7. The summed E-state index contributed by atoms with van der Waals surface area (Å²) in [6.07, 6.45) is 2.45. The van der Waals surface area contributed by atoms with Crippen molar-refractivity contribution < 1.29 is 9.53 Å². The fourth-order valence-electron chi connectivity index (χ4n) is 1.91. The average Bonchev–Trinajstić information content (AvgIpc) is 2.53. The summed E-state index contributed by atoms with van der Waals surface area (Å²) in [5, 5.41) is 9.25. The first-order valence-corrected chi connectivity index (χ1v) is 8.60. The van der Waals surface area contributed by atoms with E-state index in [1.807, 2.05) is 13.8 Å². The Hall–Kier alpha value is -1.34. The van der Waals surface area contributed by atoms with Crippen LogP contribution in [0.4, 0.5) is 0 Å². The third-order valence-electron chi connectivity index (χ3n) is 3.20. The Morgan fingerprint density at radius 1 is 1.13 bits per heavy atom. The van der Waals surface area contributed by atoms with Crippen molar-refractivity contribution in [3.05, 3.63) is 0 Å². The predicted octanol–water partition coefficient (Wildman–Crippen LogP) is 0.426. The highest BCUT2D eigenvalue weighted by Crippen LogP contribution is 1.88. The molecule has 0 unspecified atom stereocenters. The lowest BCUT2D eigenvalue weighted by molar-refractivity contribution is -0.120. The molecular weight excluding hydrogens is 294 g/mol. The van der Waals surface area contributed by atoms with Crippen molar-refractivity contribution in [2.45, 2.75) is 33.1 Å². The van der Waals surface area contributed by atoms with Crippen LogP contribution in [0.1, 0.15) is 33.1 Å². The molecule has 0 spiro atoms. The maximum Gasteiger partial charge on any atom is 0.221 e. The van der Waals surface area contributed by atoms with E-state index < -0.39 is 0 Å². The Bertz CT molecular complexity index is 324. The molecule has 0 aromatic rings. The van der Waals surface area contributed by atoms with Gasteiger partial charge in [-0.1, -0.05) is 6.92 Å². The molecule has 0 rings (SSSR count). The Labute approximate surface area is 141 Å². The number of hydrogen-bond donors (Lipinski definition) is 3. The SMILES string of the molecule is CCCNC(=O)CCNC(=NCCN(C)CCCOC)NCC. The van der Waals surface area contributed by atoms with Crippen molar-refractivity contribution in [2.24, 2.45) is 4.99 Å². The second-order valence-corrected chi connectivity index (χ2v) is 5.44. The van der Waals surface area contributed by atoms with E-state index >= 15 is 0 Å². The van der Waals surface area contributed by atoms with E-state index in [-0.39, 0.29) is 5.91 Å². The molecule has 0 aliphatic carbocycles. The molecule has 0 aromatic heterocycles. The molecule has 0 heterocycles. The topological polar surface area (TPSA) is 78.0 Å². The lowest BCUT2D eigenvalue weighted by Gasteiger charge is -2.16. The normalized spacial score (nSPS) is 11.6. The number of amides is 1. The smallest absolute Gasteiger partial charge is 0.221 e. The molecule has 0 radical (unpaired) electrons. The van der Waals surface area contributed by atoms with Crippen LogP contribution in [0.3, 0.4) is 0 Å². The van der Waals surface area contributed by atoms with Crippen molar-refractivity contribution in [1.82, 2.24) is 20.9 Å². The Balaban J connectivity index is 3.96. The second-order valence-electron chi connectivity index (χ2n) is 5.44. The maximum absolute atomic E-state index is 11.5. The summed E-state index contributed by atoms with van der Waals surface area (Å²) in [6.45, 7) is 9.62. The number of aliphatic imine (C=N–C) groups is 1. The van der Waals surface area contributed by atoms with Gasteiger partial charge in [0, 0.05) is 52.9 Å². The molecule has 1 amide bonds. The number of hydrogen-bond acceptors (Lipinski definition) is 4. The van der Waals surface area contributed by atoms with E-state index in [2.05, 4.69) is 32.9 Å². The predicted molar refractivity (Wildman–Crippen MR) is 95.9 cm³/mol.